The van der Waals surface area contributed by atoms with Crippen molar-refractivity contribution in [3.8, 4) is 6.07 Å². The number of hydrogen-bond acceptors (Lipinski definition) is 2. The first kappa shape index (κ1) is 8.93. The van der Waals surface area contributed by atoms with Crippen LogP contribution in [0, 0.1) is 18.3 Å². The van der Waals surface area contributed by atoms with Gasteiger partial charge in [-0.2, -0.15) is 5.26 Å². The summed E-state index contributed by atoms with van der Waals surface area (Å²) in [6.07, 6.45) is 1.56. The van der Waals surface area contributed by atoms with Gasteiger partial charge in [0.2, 0.25) is 0 Å². The van der Waals surface area contributed by atoms with Crippen LogP contribution in [0.1, 0.15) is 11.3 Å². The predicted octanol–water partition coefficient (Wildman–Crippen LogP) is 1.68. The highest BCUT2D eigenvalue weighted by atomic mass is 35.5. The summed E-state index contributed by atoms with van der Waals surface area (Å²) in [5.74, 6) is 0. The van der Waals surface area contributed by atoms with Crippen molar-refractivity contribution in [2.24, 2.45) is 0 Å². The van der Waals surface area contributed by atoms with Crippen molar-refractivity contribution in [2.45, 2.75) is 6.92 Å². The third-order valence-corrected chi connectivity index (χ3v) is 1.04. The third kappa shape index (κ3) is 2.04. The number of nitrogens with zero attached hydrogens (tertiary/aromatic N) is 2. The summed E-state index contributed by atoms with van der Waals surface area (Å²) in [5.41, 5.74) is 1.55. The van der Waals surface area contributed by atoms with Gasteiger partial charge in [0.1, 0.15) is 6.07 Å². The van der Waals surface area contributed by atoms with E-state index in [4.69, 9.17) is 5.26 Å². The summed E-state index contributed by atoms with van der Waals surface area (Å²) >= 11 is 0. The first-order chi connectivity index (χ1) is 4.33. The van der Waals surface area contributed by atoms with E-state index in [1.54, 1.807) is 12.3 Å². The number of rotatable bonds is 0. The summed E-state index contributed by atoms with van der Waals surface area (Å²) in [6, 6.07) is 5.56. The van der Waals surface area contributed by atoms with E-state index in [1.165, 1.54) is 0 Å². The molecule has 0 aromatic carbocycles. The molecule has 0 saturated carbocycles. The van der Waals surface area contributed by atoms with Crippen LogP contribution in [-0.4, -0.2) is 4.98 Å². The van der Waals surface area contributed by atoms with Crippen molar-refractivity contribution in [3.63, 3.8) is 0 Å². The topological polar surface area (TPSA) is 36.7 Å². The molecule has 0 amide bonds. The van der Waals surface area contributed by atoms with Crippen molar-refractivity contribution in [1.29, 1.82) is 5.26 Å². The molecule has 1 heterocycles. The van der Waals surface area contributed by atoms with E-state index in [0.717, 1.165) is 5.69 Å². The van der Waals surface area contributed by atoms with Gasteiger partial charge in [0, 0.05) is 11.9 Å². The predicted molar refractivity (Wildman–Crippen MR) is 40.9 cm³/mol. The molecule has 0 saturated heterocycles. The van der Waals surface area contributed by atoms with Gasteiger partial charge in [-0.15, -0.1) is 12.4 Å². The number of aryl methyl sites for hydroxylation is 1. The molecule has 0 aliphatic carbocycles. The Balaban J connectivity index is 0.000000810. The molecule has 0 aliphatic rings. The van der Waals surface area contributed by atoms with Crippen LogP contribution in [0.2, 0.25) is 0 Å². The Morgan fingerprint density at radius 1 is 1.50 bits per heavy atom. The monoisotopic (exact) mass is 154 g/mol. The lowest BCUT2D eigenvalue weighted by Crippen LogP contribution is -1.79. The Kier molecular flexibility index (Phi) is 3.45. The van der Waals surface area contributed by atoms with E-state index in [-0.39, 0.29) is 12.4 Å². The molecule has 0 fully saturated rings. The molecule has 2 nitrogen and oxygen atoms in total. The second-order valence-corrected chi connectivity index (χ2v) is 1.80. The Morgan fingerprint density at radius 2 is 2.20 bits per heavy atom. The Morgan fingerprint density at radius 3 is 2.60 bits per heavy atom. The average Bonchev–Trinajstić information content (AvgIpc) is 1.90. The second kappa shape index (κ2) is 3.86. The molecule has 0 aliphatic heterocycles. The molecule has 3 heteroatoms. The first-order valence-corrected chi connectivity index (χ1v) is 2.65. The zero-order chi connectivity index (χ0) is 6.69. The summed E-state index contributed by atoms with van der Waals surface area (Å²) in [5, 5.41) is 8.34. The number of aromatic nitrogens is 1. The zero-order valence-corrected chi connectivity index (χ0v) is 6.35. The average molecular weight is 155 g/mol. The van der Waals surface area contributed by atoms with Crippen LogP contribution in [0.4, 0.5) is 0 Å². The maximum absolute atomic E-state index is 8.34. The van der Waals surface area contributed by atoms with Crippen molar-refractivity contribution in [2.75, 3.05) is 0 Å². The fourth-order valence-electron chi connectivity index (χ4n) is 0.534. The smallest absolute Gasteiger partial charge is 0.101 e. The molecule has 10 heavy (non-hydrogen) atoms. The fraction of sp³-hybridized carbons (Fsp3) is 0.143. The minimum Gasteiger partial charge on any atom is -0.260 e. The van der Waals surface area contributed by atoms with Crippen LogP contribution in [0.5, 0.6) is 0 Å². The first-order valence-electron chi connectivity index (χ1n) is 2.65. The van der Waals surface area contributed by atoms with E-state index in [0.29, 0.717) is 5.56 Å². The SMILES string of the molecule is Cc1ccc(C#N)cn1.Cl. The van der Waals surface area contributed by atoms with Crippen LogP contribution in [-0.2, 0) is 0 Å². The quantitative estimate of drug-likeness (QED) is 0.570. The molecule has 52 valence electrons. The molecular weight excluding hydrogens is 148 g/mol. The zero-order valence-electron chi connectivity index (χ0n) is 5.53. The van der Waals surface area contributed by atoms with Gasteiger partial charge in [0.25, 0.3) is 0 Å². The van der Waals surface area contributed by atoms with Crippen LogP contribution in [0.15, 0.2) is 18.3 Å². The van der Waals surface area contributed by atoms with Gasteiger partial charge in [-0.05, 0) is 19.1 Å². The molecule has 1 aromatic heterocycles. The summed E-state index contributed by atoms with van der Waals surface area (Å²) < 4.78 is 0. The second-order valence-electron chi connectivity index (χ2n) is 1.80. The lowest BCUT2D eigenvalue weighted by Gasteiger charge is -1.87. The highest BCUT2D eigenvalue weighted by Crippen LogP contribution is 1.95. The van der Waals surface area contributed by atoms with Gasteiger partial charge < -0.3 is 0 Å². The van der Waals surface area contributed by atoms with E-state index >= 15 is 0 Å². The van der Waals surface area contributed by atoms with Crippen molar-refractivity contribution in [3.05, 3.63) is 29.6 Å². The number of hydrogen-bond donors (Lipinski definition) is 0. The summed E-state index contributed by atoms with van der Waals surface area (Å²) in [4.78, 5) is 3.93. The van der Waals surface area contributed by atoms with E-state index in [2.05, 4.69) is 4.98 Å². The van der Waals surface area contributed by atoms with Crippen LogP contribution in [0.25, 0.3) is 0 Å². The Labute approximate surface area is 65.9 Å². The van der Waals surface area contributed by atoms with Gasteiger partial charge >= 0.3 is 0 Å². The van der Waals surface area contributed by atoms with E-state index in [1.807, 2.05) is 19.1 Å². The van der Waals surface area contributed by atoms with Gasteiger partial charge in [-0.3, -0.25) is 4.98 Å². The fourth-order valence-corrected chi connectivity index (χ4v) is 0.534. The molecule has 1 rings (SSSR count). The third-order valence-electron chi connectivity index (χ3n) is 1.04. The molecule has 1 aromatic rings. The summed E-state index contributed by atoms with van der Waals surface area (Å²) in [7, 11) is 0. The van der Waals surface area contributed by atoms with Crippen molar-refractivity contribution < 1.29 is 0 Å². The minimum absolute atomic E-state index is 0. The molecule has 0 radical (unpaired) electrons. The van der Waals surface area contributed by atoms with Crippen LogP contribution >= 0.6 is 12.4 Å². The number of halogens is 1. The number of pyridine rings is 1. The van der Waals surface area contributed by atoms with E-state index in [9.17, 15) is 0 Å². The maximum Gasteiger partial charge on any atom is 0.101 e. The molecule has 0 N–H and O–H groups in total. The van der Waals surface area contributed by atoms with Crippen LogP contribution < -0.4 is 0 Å². The number of nitriles is 1. The molecule has 0 atom stereocenters. The van der Waals surface area contributed by atoms with Crippen molar-refractivity contribution in [1.82, 2.24) is 4.98 Å². The van der Waals surface area contributed by atoms with Gasteiger partial charge in [-0.25, -0.2) is 0 Å². The molecular formula is C7H7ClN2. The highest BCUT2D eigenvalue weighted by molar-refractivity contribution is 5.85. The molecule has 0 unspecified atom stereocenters. The molecule has 0 spiro atoms. The minimum atomic E-state index is 0. The highest BCUT2D eigenvalue weighted by Gasteiger charge is 1.86. The summed E-state index contributed by atoms with van der Waals surface area (Å²) in [6.45, 7) is 1.89. The normalized spacial score (nSPS) is 7.60. The van der Waals surface area contributed by atoms with Gasteiger partial charge in [0.15, 0.2) is 0 Å². The Hall–Kier alpha value is -1.07. The van der Waals surface area contributed by atoms with E-state index < -0.39 is 0 Å². The Bertz CT molecular complexity index is 235. The standard InChI is InChI=1S/C7H6N2.ClH/c1-6-2-3-7(4-8)5-9-6;/h2-3,5H,1H3;1H. The van der Waals surface area contributed by atoms with Crippen molar-refractivity contribution >= 4 is 12.4 Å². The maximum atomic E-state index is 8.34. The van der Waals surface area contributed by atoms with Gasteiger partial charge in [0.05, 0.1) is 5.56 Å². The largest absolute Gasteiger partial charge is 0.260 e. The molecule has 0 bridgehead atoms. The lowest BCUT2D eigenvalue weighted by molar-refractivity contribution is 1.19. The lowest BCUT2D eigenvalue weighted by atomic mass is 10.3. The van der Waals surface area contributed by atoms with Gasteiger partial charge in [-0.1, -0.05) is 0 Å². The van der Waals surface area contributed by atoms with Crippen LogP contribution in [0.3, 0.4) is 0 Å².